The molecule has 0 spiro atoms. The van der Waals surface area contributed by atoms with Crippen molar-refractivity contribution in [3.05, 3.63) is 0 Å². The summed E-state index contributed by atoms with van der Waals surface area (Å²) >= 11 is 0. The summed E-state index contributed by atoms with van der Waals surface area (Å²) in [5.41, 5.74) is -0.486. The van der Waals surface area contributed by atoms with Crippen LogP contribution in [0.5, 0.6) is 0 Å². The van der Waals surface area contributed by atoms with E-state index < -0.39 is 11.6 Å². The molecule has 0 aromatic rings. The lowest BCUT2D eigenvalue weighted by atomic mass is 9.93. The minimum atomic E-state index is -0.759. The van der Waals surface area contributed by atoms with Gasteiger partial charge in [-0.2, -0.15) is 0 Å². The van der Waals surface area contributed by atoms with Crippen molar-refractivity contribution in [1.29, 1.82) is 0 Å². The summed E-state index contributed by atoms with van der Waals surface area (Å²) in [5, 5.41) is 9.12. The highest BCUT2D eigenvalue weighted by Crippen LogP contribution is 2.21. The smallest absolute Gasteiger partial charge is 0.309 e. The van der Waals surface area contributed by atoms with Crippen molar-refractivity contribution in [3.63, 3.8) is 0 Å². The molecule has 0 rings (SSSR count). The minimum absolute atomic E-state index is 0.243. The van der Waals surface area contributed by atoms with E-state index in [0.29, 0.717) is 19.3 Å². The predicted octanol–water partition coefficient (Wildman–Crippen LogP) is 3.64. The zero-order chi connectivity index (χ0) is 15.1. The Balaban J connectivity index is 4.20. The second kappa shape index (κ2) is 8.18. The van der Waals surface area contributed by atoms with Crippen molar-refractivity contribution < 1.29 is 19.4 Å². The van der Waals surface area contributed by atoms with E-state index >= 15 is 0 Å². The molecule has 4 nitrogen and oxygen atoms in total. The maximum atomic E-state index is 11.8. The van der Waals surface area contributed by atoms with Gasteiger partial charge in [-0.05, 0) is 40.0 Å². The number of carbonyl (C=O) groups is 2. The van der Waals surface area contributed by atoms with Crippen LogP contribution in [-0.2, 0) is 14.3 Å². The Hall–Kier alpha value is -1.06. The van der Waals surface area contributed by atoms with Crippen LogP contribution in [0, 0.1) is 11.8 Å². The largest absolute Gasteiger partial charge is 0.481 e. The monoisotopic (exact) mass is 272 g/mol. The lowest BCUT2D eigenvalue weighted by molar-refractivity contribution is -0.160. The molecule has 19 heavy (non-hydrogen) atoms. The van der Waals surface area contributed by atoms with E-state index in [9.17, 15) is 9.59 Å². The van der Waals surface area contributed by atoms with Crippen LogP contribution in [0.1, 0.15) is 66.7 Å². The summed E-state index contributed by atoms with van der Waals surface area (Å²) < 4.78 is 5.29. The SMILES string of the molecule is CCCCC(CCC(C)C(=O)OC(C)(C)C)C(=O)O. The van der Waals surface area contributed by atoms with Crippen LogP contribution in [0.25, 0.3) is 0 Å². The number of carboxylic acids is 1. The maximum absolute atomic E-state index is 11.8. The second-order valence-corrected chi connectivity index (χ2v) is 6.19. The molecule has 0 aliphatic heterocycles. The fraction of sp³-hybridized carbons (Fsp3) is 0.867. The van der Waals surface area contributed by atoms with Crippen LogP contribution in [-0.4, -0.2) is 22.6 Å². The van der Waals surface area contributed by atoms with Gasteiger partial charge in [-0.15, -0.1) is 0 Å². The summed E-state index contributed by atoms with van der Waals surface area (Å²) in [6.45, 7) is 9.34. The number of hydrogen-bond donors (Lipinski definition) is 1. The molecule has 1 N–H and O–H groups in total. The van der Waals surface area contributed by atoms with Crippen molar-refractivity contribution in [2.75, 3.05) is 0 Å². The molecule has 0 bridgehead atoms. The van der Waals surface area contributed by atoms with Crippen LogP contribution in [0.4, 0.5) is 0 Å². The first-order chi connectivity index (χ1) is 8.67. The van der Waals surface area contributed by atoms with E-state index in [1.54, 1.807) is 6.92 Å². The Morgan fingerprint density at radius 2 is 1.74 bits per heavy atom. The average molecular weight is 272 g/mol. The Morgan fingerprint density at radius 3 is 2.16 bits per heavy atom. The van der Waals surface area contributed by atoms with Gasteiger partial charge in [0.15, 0.2) is 0 Å². The van der Waals surface area contributed by atoms with E-state index in [2.05, 4.69) is 0 Å². The Morgan fingerprint density at radius 1 is 1.16 bits per heavy atom. The second-order valence-electron chi connectivity index (χ2n) is 6.19. The molecule has 0 aliphatic rings. The van der Waals surface area contributed by atoms with Gasteiger partial charge < -0.3 is 9.84 Å². The normalized spacial score (nSPS) is 14.8. The van der Waals surface area contributed by atoms with Crippen LogP contribution >= 0.6 is 0 Å². The fourth-order valence-electron chi connectivity index (χ4n) is 1.81. The highest BCUT2D eigenvalue weighted by Gasteiger charge is 2.24. The molecule has 2 atom stereocenters. The first kappa shape index (κ1) is 17.9. The highest BCUT2D eigenvalue weighted by molar-refractivity contribution is 5.73. The molecule has 0 aromatic carbocycles. The number of carbonyl (C=O) groups excluding carboxylic acids is 1. The maximum Gasteiger partial charge on any atom is 0.309 e. The summed E-state index contributed by atoms with van der Waals surface area (Å²) in [5.74, 6) is -1.59. The van der Waals surface area contributed by atoms with Crippen molar-refractivity contribution in [3.8, 4) is 0 Å². The zero-order valence-electron chi connectivity index (χ0n) is 12.9. The molecule has 4 heteroatoms. The van der Waals surface area contributed by atoms with Crippen LogP contribution in [0.3, 0.4) is 0 Å². The molecule has 0 saturated carbocycles. The van der Waals surface area contributed by atoms with E-state index in [1.165, 1.54) is 0 Å². The third kappa shape index (κ3) is 8.62. The van der Waals surface area contributed by atoms with E-state index in [4.69, 9.17) is 9.84 Å². The van der Waals surface area contributed by atoms with Gasteiger partial charge in [-0.1, -0.05) is 26.7 Å². The molecule has 0 radical (unpaired) electrons. The third-order valence-electron chi connectivity index (χ3n) is 3.01. The first-order valence-corrected chi connectivity index (χ1v) is 7.13. The van der Waals surface area contributed by atoms with Gasteiger partial charge in [0.1, 0.15) is 5.60 Å². The van der Waals surface area contributed by atoms with E-state index in [0.717, 1.165) is 12.8 Å². The topological polar surface area (TPSA) is 63.6 Å². The summed E-state index contributed by atoms with van der Waals surface area (Å²) in [7, 11) is 0. The average Bonchev–Trinajstić information content (AvgIpc) is 2.25. The van der Waals surface area contributed by atoms with Crippen molar-refractivity contribution in [2.24, 2.45) is 11.8 Å². The molecular weight excluding hydrogens is 244 g/mol. The standard InChI is InChI=1S/C15H28O4/c1-6-7-8-12(13(16)17)10-9-11(2)14(18)19-15(3,4)5/h11-12H,6-10H2,1-5H3,(H,16,17). The van der Waals surface area contributed by atoms with E-state index in [1.807, 2.05) is 27.7 Å². The number of carboxylic acid groups (broad SMARTS) is 1. The van der Waals surface area contributed by atoms with Gasteiger partial charge in [0.05, 0.1) is 11.8 Å². The molecule has 0 aliphatic carbocycles. The van der Waals surface area contributed by atoms with Gasteiger partial charge in [0.2, 0.25) is 0 Å². The number of rotatable bonds is 8. The summed E-state index contributed by atoms with van der Waals surface area (Å²) in [6.07, 6.45) is 3.70. The fourth-order valence-corrected chi connectivity index (χ4v) is 1.81. The molecule has 0 heterocycles. The molecule has 0 amide bonds. The van der Waals surface area contributed by atoms with Crippen LogP contribution < -0.4 is 0 Å². The zero-order valence-corrected chi connectivity index (χ0v) is 12.9. The quantitative estimate of drug-likeness (QED) is 0.685. The van der Waals surface area contributed by atoms with Gasteiger partial charge in [-0.3, -0.25) is 9.59 Å². The van der Waals surface area contributed by atoms with Gasteiger partial charge in [0.25, 0.3) is 0 Å². The van der Waals surface area contributed by atoms with Crippen molar-refractivity contribution >= 4 is 11.9 Å². The summed E-state index contributed by atoms with van der Waals surface area (Å²) in [6, 6.07) is 0. The number of aliphatic carboxylic acids is 1. The van der Waals surface area contributed by atoms with Crippen LogP contribution in [0.2, 0.25) is 0 Å². The Labute approximate surface area is 116 Å². The number of unbranched alkanes of at least 4 members (excludes halogenated alkanes) is 1. The first-order valence-electron chi connectivity index (χ1n) is 7.13. The summed E-state index contributed by atoms with van der Waals surface area (Å²) in [4.78, 5) is 22.9. The number of hydrogen-bond acceptors (Lipinski definition) is 3. The van der Waals surface area contributed by atoms with Gasteiger partial charge in [-0.25, -0.2) is 0 Å². The van der Waals surface area contributed by atoms with Crippen LogP contribution in [0.15, 0.2) is 0 Å². The lowest BCUT2D eigenvalue weighted by Gasteiger charge is -2.22. The highest BCUT2D eigenvalue weighted by atomic mass is 16.6. The molecule has 0 fully saturated rings. The molecule has 2 unspecified atom stereocenters. The molecule has 112 valence electrons. The Bertz CT molecular complexity index is 291. The van der Waals surface area contributed by atoms with Crippen molar-refractivity contribution in [1.82, 2.24) is 0 Å². The van der Waals surface area contributed by atoms with Gasteiger partial charge in [0, 0.05) is 0 Å². The number of ether oxygens (including phenoxy) is 1. The lowest BCUT2D eigenvalue weighted by Crippen LogP contribution is -2.28. The molecular formula is C15H28O4. The third-order valence-corrected chi connectivity index (χ3v) is 3.01. The predicted molar refractivity (Wildman–Crippen MR) is 74.9 cm³/mol. The minimum Gasteiger partial charge on any atom is -0.481 e. The Kier molecular flexibility index (Phi) is 7.72. The molecule has 0 aromatic heterocycles. The van der Waals surface area contributed by atoms with Crippen molar-refractivity contribution in [2.45, 2.75) is 72.3 Å². The van der Waals surface area contributed by atoms with E-state index in [-0.39, 0.29) is 17.8 Å². The molecule has 0 saturated heterocycles. The van der Waals surface area contributed by atoms with Gasteiger partial charge >= 0.3 is 11.9 Å². The number of esters is 1.